The van der Waals surface area contributed by atoms with Crippen LogP contribution in [0.2, 0.25) is 0 Å². The Balaban J connectivity index is 3.86. The third-order valence-corrected chi connectivity index (χ3v) is 2.06. The van der Waals surface area contributed by atoms with Crippen molar-refractivity contribution >= 4 is 10.1 Å². The van der Waals surface area contributed by atoms with Gasteiger partial charge in [0.05, 0.1) is 6.61 Å². The molecule has 0 radical (unpaired) electrons. The lowest BCUT2D eigenvalue weighted by molar-refractivity contribution is 0.228. The van der Waals surface area contributed by atoms with Gasteiger partial charge in [-0.15, -0.1) is 0 Å². The second kappa shape index (κ2) is 5.54. The molecule has 1 unspecified atom stereocenters. The Bertz CT molecular complexity index is 225. The Morgan fingerprint density at radius 3 is 2.23 bits per heavy atom. The molecule has 0 aliphatic heterocycles. The van der Waals surface area contributed by atoms with Crippen LogP contribution < -0.4 is 5.32 Å². The number of aliphatic hydroxyl groups is 1. The van der Waals surface area contributed by atoms with E-state index in [-0.39, 0.29) is 12.6 Å². The Morgan fingerprint density at radius 1 is 1.38 bits per heavy atom. The Kier molecular flexibility index (Phi) is 5.46. The van der Waals surface area contributed by atoms with Crippen molar-refractivity contribution in [3.05, 3.63) is 0 Å². The zero-order chi connectivity index (χ0) is 10.5. The van der Waals surface area contributed by atoms with Crippen LogP contribution in [0, 0.1) is 5.92 Å². The summed E-state index contributed by atoms with van der Waals surface area (Å²) in [5.41, 5.74) is 0. The molecule has 0 spiro atoms. The van der Waals surface area contributed by atoms with Crippen molar-refractivity contribution in [1.29, 1.82) is 0 Å². The first-order valence-electron chi connectivity index (χ1n) is 4.14. The average Bonchev–Trinajstić information content (AvgIpc) is 1.95. The fourth-order valence-corrected chi connectivity index (χ4v) is 1.46. The molecule has 0 aromatic carbocycles. The molecule has 0 aromatic heterocycles. The molecule has 0 saturated carbocycles. The molecule has 0 amide bonds. The SMILES string of the molecule is CC(C)CC(CO)NCS(=O)(=O)O. The van der Waals surface area contributed by atoms with Gasteiger partial charge in [-0.2, -0.15) is 8.42 Å². The largest absolute Gasteiger partial charge is 0.395 e. The van der Waals surface area contributed by atoms with Gasteiger partial charge in [0.2, 0.25) is 0 Å². The van der Waals surface area contributed by atoms with E-state index in [4.69, 9.17) is 9.66 Å². The summed E-state index contributed by atoms with van der Waals surface area (Å²) in [6.07, 6.45) is 0.673. The minimum Gasteiger partial charge on any atom is -0.395 e. The molecule has 0 heterocycles. The van der Waals surface area contributed by atoms with Crippen molar-refractivity contribution in [2.24, 2.45) is 5.92 Å². The highest BCUT2D eigenvalue weighted by Crippen LogP contribution is 2.03. The van der Waals surface area contributed by atoms with E-state index in [0.29, 0.717) is 12.3 Å². The molecule has 80 valence electrons. The fraction of sp³-hybridized carbons (Fsp3) is 1.00. The molecule has 13 heavy (non-hydrogen) atoms. The number of hydrogen-bond acceptors (Lipinski definition) is 4. The molecule has 1 atom stereocenters. The summed E-state index contributed by atoms with van der Waals surface area (Å²) in [4.78, 5) is 0. The number of nitrogens with one attached hydrogen (secondary N) is 1. The molecular weight excluding hydrogens is 194 g/mol. The normalized spacial score (nSPS) is 14.8. The molecular formula is C7H17NO4S. The fourth-order valence-electron chi connectivity index (χ4n) is 1.01. The van der Waals surface area contributed by atoms with Crippen molar-refractivity contribution in [3.8, 4) is 0 Å². The molecule has 3 N–H and O–H groups in total. The maximum absolute atomic E-state index is 10.3. The smallest absolute Gasteiger partial charge is 0.278 e. The maximum Gasteiger partial charge on any atom is 0.278 e. The predicted octanol–water partition coefficient (Wildman–Crippen LogP) is -0.172. The number of aliphatic hydroxyl groups excluding tert-OH is 1. The van der Waals surface area contributed by atoms with Gasteiger partial charge in [-0.05, 0) is 12.3 Å². The predicted molar refractivity (Wildman–Crippen MR) is 49.9 cm³/mol. The third-order valence-electron chi connectivity index (χ3n) is 1.53. The van der Waals surface area contributed by atoms with Crippen LogP contribution >= 0.6 is 0 Å². The summed E-state index contributed by atoms with van der Waals surface area (Å²) in [6.45, 7) is 3.81. The summed E-state index contributed by atoms with van der Waals surface area (Å²) >= 11 is 0. The van der Waals surface area contributed by atoms with Gasteiger partial charge in [0, 0.05) is 6.04 Å². The molecule has 0 aliphatic rings. The second-order valence-corrected chi connectivity index (χ2v) is 4.89. The van der Waals surface area contributed by atoms with Gasteiger partial charge in [0.1, 0.15) is 5.88 Å². The highest BCUT2D eigenvalue weighted by atomic mass is 32.2. The van der Waals surface area contributed by atoms with Gasteiger partial charge in [0.15, 0.2) is 0 Å². The van der Waals surface area contributed by atoms with E-state index in [1.54, 1.807) is 0 Å². The molecule has 6 heteroatoms. The highest BCUT2D eigenvalue weighted by molar-refractivity contribution is 7.85. The first-order chi connectivity index (χ1) is 5.85. The Hall–Kier alpha value is -0.170. The lowest BCUT2D eigenvalue weighted by atomic mass is 10.1. The van der Waals surface area contributed by atoms with Crippen LogP contribution in [0.25, 0.3) is 0 Å². The number of hydrogen-bond donors (Lipinski definition) is 3. The monoisotopic (exact) mass is 211 g/mol. The van der Waals surface area contributed by atoms with Crippen LogP contribution in [0.5, 0.6) is 0 Å². The van der Waals surface area contributed by atoms with E-state index in [1.165, 1.54) is 0 Å². The molecule has 0 bridgehead atoms. The van der Waals surface area contributed by atoms with Crippen molar-refractivity contribution in [2.45, 2.75) is 26.3 Å². The van der Waals surface area contributed by atoms with E-state index in [2.05, 4.69) is 5.32 Å². The van der Waals surface area contributed by atoms with Crippen LogP contribution in [-0.4, -0.2) is 36.6 Å². The van der Waals surface area contributed by atoms with Gasteiger partial charge < -0.3 is 5.11 Å². The van der Waals surface area contributed by atoms with Crippen molar-refractivity contribution < 1.29 is 18.1 Å². The molecule has 0 aliphatic carbocycles. The van der Waals surface area contributed by atoms with Crippen molar-refractivity contribution in [3.63, 3.8) is 0 Å². The summed E-state index contributed by atoms with van der Waals surface area (Å²) in [5.74, 6) is -0.142. The van der Waals surface area contributed by atoms with Gasteiger partial charge in [0.25, 0.3) is 10.1 Å². The van der Waals surface area contributed by atoms with Gasteiger partial charge >= 0.3 is 0 Å². The zero-order valence-electron chi connectivity index (χ0n) is 7.90. The Morgan fingerprint density at radius 2 is 1.92 bits per heavy atom. The van der Waals surface area contributed by atoms with E-state index in [9.17, 15) is 8.42 Å². The Labute approximate surface area is 78.9 Å². The van der Waals surface area contributed by atoms with E-state index < -0.39 is 16.0 Å². The minimum absolute atomic E-state index is 0.131. The minimum atomic E-state index is -3.99. The van der Waals surface area contributed by atoms with Gasteiger partial charge in [-0.1, -0.05) is 13.8 Å². The average molecular weight is 211 g/mol. The molecule has 0 saturated heterocycles. The quantitative estimate of drug-likeness (QED) is 0.531. The van der Waals surface area contributed by atoms with Crippen LogP contribution in [0.1, 0.15) is 20.3 Å². The summed E-state index contributed by atoms with van der Waals surface area (Å²) in [6, 6.07) is -0.276. The molecule has 0 aromatic rings. The maximum atomic E-state index is 10.3. The lowest BCUT2D eigenvalue weighted by Crippen LogP contribution is -2.37. The first-order valence-corrected chi connectivity index (χ1v) is 5.75. The lowest BCUT2D eigenvalue weighted by Gasteiger charge is -2.16. The van der Waals surface area contributed by atoms with Gasteiger partial charge in [-0.25, -0.2) is 0 Å². The molecule has 0 fully saturated rings. The number of rotatable bonds is 6. The standard InChI is InChI=1S/C7H17NO4S/c1-6(2)3-7(4-9)8-5-13(10,11)12/h6-9H,3-5H2,1-2H3,(H,10,11,12). The first kappa shape index (κ1) is 12.8. The van der Waals surface area contributed by atoms with Crippen LogP contribution in [0.15, 0.2) is 0 Å². The van der Waals surface area contributed by atoms with E-state index >= 15 is 0 Å². The zero-order valence-corrected chi connectivity index (χ0v) is 8.71. The molecule has 0 rings (SSSR count). The van der Waals surface area contributed by atoms with E-state index in [0.717, 1.165) is 0 Å². The van der Waals surface area contributed by atoms with Gasteiger partial charge in [-0.3, -0.25) is 9.87 Å². The van der Waals surface area contributed by atoms with Crippen molar-refractivity contribution in [2.75, 3.05) is 12.5 Å². The van der Waals surface area contributed by atoms with Crippen molar-refractivity contribution in [1.82, 2.24) is 5.32 Å². The summed E-state index contributed by atoms with van der Waals surface area (Å²) in [7, 11) is -3.99. The summed E-state index contributed by atoms with van der Waals surface area (Å²) in [5, 5.41) is 11.4. The third kappa shape index (κ3) is 8.17. The van der Waals surface area contributed by atoms with Crippen LogP contribution in [-0.2, 0) is 10.1 Å². The second-order valence-electron chi connectivity index (χ2n) is 3.44. The topological polar surface area (TPSA) is 86.6 Å². The van der Waals surface area contributed by atoms with E-state index in [1.807, 2.05) is 13.8 Å². The summed E-state index contributed by atoms with van der Waals surface area (Å²) < 4.78 is 29.1. The van der Waals surface area contributed by atoms with Crippen LogP contribution in [0.3, 0.4) is 0 Å². The van der Waals surface area contributed by atoms with Crippen LogP contribution in [0.4, 0.5) is 0 Å². The highest BCUT2D eigenvalue weighted by Gasteiger charge is 2.12. The molecule has 5 nitrogen and oxygen atoms in total.